The van der Waals surface area contributed by atoms with Gasteiger partial charge in [0.2, 0.25) is 0 Å². The first-order valence-electron chi connectivity index (χ1n) is 7.74. The smallest absolute Gasteiger partial charge is 0.166 e. The molecule has 3 aromatic carbocycles. The monoisotopic (exact) mass is 324 g/mol. The van der Waals surface area contributed by atoms with E-state index in [2.05, 4.69) is 24.3 Å². The van der Waals surface area contributed by atoms with Crippen LogP contribution in [0, 0.1) is 18.6 Å². The van der Waals surface area contributed by atoms with Gasteiger partial charge in [0, 0.05) is 15.8 Å². The Hall–Kier alpha value is -2.26. The number of halogens is 2. The quantitative estimate of drug-likeness (QED) is 0.624. The first-order chi connectivity index (χ1) is 11.1. The van der Waals surface area contributed by atoms with Crippen LogP contribution in [0.4, 0.5) is 8.78 Å². The number of benzene rings is 3. The van der Waals surface area contributed by atoms with Crippen LogP contribution in [0.1, 0.15) is 11.1 Å². The normalized spacial score (nSPS) is 10.9. The highest BCUT2D eigenvalue weighted by Crippen LogP contribution is 2.28. The van der Waals surface area contributed by atoms with E-state index in [0.29, 0.717) is 16.7 Å². The van der Waals surface area contributed by atoms with E-state index in [1.54, 1.807) is 19.1 Å². The molecule has 3 aromatic rings. The minimum Gasteiger partial charge on any atom is -0.203 e. The average molecular weight is 324 g/mol. The summed E-state index contributed by atoms with van der Waals surface area (Å²) in [5.74, 6) is -1.56. The Labute approximate surface area is 138 Å². The number of rotatable bonds is 3. The highest BCUT2D eigenvalue weighted by atomic mass is 28.1. The highest BCUT2D eigenvalue weighted by molar-refractivity contribution is 6.08. The lowest BCUT2D eigenvalue weighted by Crippen LogP contribution is -1.93. The maximum Gasteiger partial charge on any atom is 0.166 e. The summed E-state index contributed by atoms with van der Waals surface area (Å²) in [7, 11) is 1.16. The second-order valence-corrected chi connectivity index (χ2v) is 6.39. The van der Waals surface area contributed by atoms with Gasteiger partial charge in [-0.3, -0.25) is 0 Å². The lowest BCUT2D eigenvalue weighted by atomic mass is 9.98. The summed E-state index contributed by atoms with van der Waals surface area (Å²) in [5, 5.41) is 0. The van der Waals surface area contributed by atoms with Crippen molar-refractivity contribution < 1.29 is 8.78 Å². The molecule has 3 rings (SSSR count). The van der Waals surface area contributed by atoms with Crippen molar-refractivity contribution in [2.24, 2.45) is 0 Å². The van der Waals surface area contributed by atoms with Crippen LogP contribution >= 0.6 is 0 Å². The molecule has 0 atom stereocenters. The maximum absolute atomic E-state index is 14.1. The molecule has 23 heavy (non-hydrogen) atoms. The van der Waals surface area contributed by atoms with Crippen LogP contribution in [-0.4, -0.2) is 10.2 Å². The molecule has 0 radical (unpaired) electrons. The van der Waals surface area contributed by atoms with E-state index in [1.807, 2.05) is 24.3 Å². The van der Waals surface area contributed by atoms with Crippen LogP contribution in [0.3, 0.4) is 0 Å². The maximum atomic E-state index is 14.1. The molecular weight excluding hydrogens is 306 g/mol. The minimum atomic E-state index is -0.783. The highest BCUT2D eigenvalue weighted by Gasteiger charge is 2.12. The molecule has 0 aliphatic heterocycles. The van der Waals surface area contributed by atoms with Crippen molar-refractivity contribution in [3.8, 4) is 22.3 Å². The Morgan fingerprint density at radius 2 is 1.22 bits per heavy atom. The van der Waals surface area contributed by atoms with Crippen molar-refractivity contribution in [3.63, 3.8) is 0 Å². The number of aryl methyl sites for hydroxylation is 1. The van der Waals surface area contributed by atoms with Gasteiger partial charge in [-0.25, -0.2) is 8.78 Å². The van der Waals surface area contributed by atoms with Crippen molar-refractivity contribution in [1.82, 2.24) is 0 Å². The van der Waals surface area contributed by atoms with Crippen LogP contribution in [0.25, 0.3) is 22.3 Å². The zero-order valence-corrected chi connectivity index (χ0v) is 15.2. The number of hydrogen-bond donors (Lipinski definition) is 0. The molecule has 0 aliphatic rings. The largest absolute Gasteiger partial charge is 0.203 e. The van der Waals surface area contributed by atoms with Gasteiger partial charge in [0.1, 0.15) is 0 Å². The Balaban J connectivity index is 1.94. The summed E-state index contributed by atoms with van der Waals surface area (Å²) in [4.78, 5) is 0. The van der Waals surface area contributed by atoms with E-state index in [0.717, 1.165) is 27.4 Å². The van der Waals surface area contributed by atoms with Crippen molar-refractivity contribution in [3.05, 3.63) is 83.4 Å². The summed E-state index contributed by atoms with van der Waals surface area (Å²) >= 11 is 0. The second-order valence-electron chi connectivity index (χ2n) is 5.69. The molecule has 0 heterocycles. The fourth-order valence-electron chi connectivity index (χ4n) is 2.64. The third-order valence-electron chi connectivity index (χ3n) is 4.17. The zero-order valence-electron chi connectivity index (χ0n) is 13.2. The molecular formula is C20H18F2Si. The van der Waals surface area contributed by atoms with Gasteiger partial charge in [-0.2, -0.15) is 0 Å². The fourth-order valence-corrected chi connectivity index (χ4v) is 3.12. The fraction of sp³-hybridized carbons (Fsp3) is 0.100. The van der Waals surface area contributed by atoms with Crippen LogP contribution in [0.2, 0.25) is 0 Å². The molecule has 0 spiro atoms. The third kappa shape index (κ3) is 3.10. The predicted octanol–water partition coefficient (Wildman–Crippen LogP) is 4.47. The topological polar surface area (TPSA) is 0 Å². The lowest BCUT2D eigenvalue weighted by molar-refractivity contribution is 0.505. The van der Waals surface area contributed by atoms with Gasteiger partial charge in [-0.05, 0) is 35.2 Å². The van der Waals surface area contributed by atoms with Gasteiger partial charge in [0.05, 0.1) is 0 Å². The first kappa shape index (κ1) is 15.6. The SMILES string of the molecule is Cc1ccc(-c2ccc(-c3ccc(C[SiH3])cc3)cc2)c(F)c1F. The van der Waals surface area contributed by atoms with E-state index in [-0.39, 0.29) is 0 Å². The molecule has 0 amide bonds. The van der Waals surface area contributed by atoms with Crippen LogP contribution in [0.15, 0.2) is 60.7 Å². The van der Waals surface area contributed by atoms with Crippen LogP contribution in [-0.2, 0) is 6.04 Å². The number of hydrogen-bond acceptors (Lipinski definition) is 0. The van der Waals surface area contributed by atoms with Gasteiger partial charge in [-0.1, -0.05) is 66.2 Å². The molecule has 0 saturated heterocycles. The molecule has 0 N–H and O–H groups in total. The molecule has 0 fully saturated rings. The molecule has 0 unspecified atom stereocenters. The van der Waals surface area contributed by atoms with Crippen LogP contribution < -0.4 is 0 Å². The molecule has 3 heteroatoms. The molecule has 0 saturated carbocycles. The second kappa shape index (κ2) is 6.47. The van der Waals surface area contributed by atoms with Gasteiger partial charge >= 0.3 is 0 Å². The summed E-state index contributed by atoms with van der Waals surface area (Å²) in [6.45, 7) is 1.56. The third-order valence-corrected chi connectivity index (χ3v) is 4.98. The van der Waals surface area contributed by atoms with Gasteiger partial charge in [0.25, 0.3) is 0 Å². The molecule has 0 aromatic heterocycles. The van der Waals surface area contributed by atoms with Crippen molar-refractivity contribution >= 4 is 10.2 Å². The summed E-state index contributed by atoms with van der Waals surface area (Å²) < 4.78 is 27.8. The predicted molar refractivity (Wildman–Crippen MR) is 95.6 cm³/mol. The van der Waals surface area contributed by atoms with E-state index >= 15 is 0 Å². The lowest BCUT2D eigenvalue weighted by Gasteiger charge is -2.08. The zero-order chi connectivity index (χ0) is 16.4. The molecule has 0 nitrogen and oxygen atoms in total. The van der Waals surface area contributed by atoms with Gasteiger partial charge < -0.3 is 0 Å². The summed E-state index contributed by atoms with van der Waals surface area (Å²) in [6, 6.07) is 20.4. The van der Waals surface area contributed by atoms with Crippen molar-refractivity contribution in [1.29, 1.82) is 0 Å². The molecule has 0 aliphatic carbocycles. The van der Waals surface area contributed by atoms with E-state index in [9.17, 15) is 8.78 Å². The Bertz CT molecular complexity index is 822. The van der Waals surface area contributed by atoms with Crippen LogP contribution in [0.5, 0.6) is 0 Å². The molecule has 116 valence electrons. The Kier molecular flexibility index (Phi) is 4.39. The van der Waals surface area contributed by atoms with Gasteiger partial charge in [0.15, 0.2) is 11.6 Å². The van der Waals surface area contributed by atoms with E-state index < -0.39 is 11.6 Å². The summed E-state index contributed by atoms with van der Waals surface area (Å²) in [5.41, 5.74) is 4.86. The van der Waals surface area contributed by atoms with E-state index in [4.69, 9.17) is 0 Å². The molecule has 0 bridgehead atoms. The Morgan fingerprint density at radius 1 is 0.696 bits per heavy atom. The van der Waals surface area contributed by atoms with Gasteiger partial charge in [-0.15, -0.1) is 0 Å². The van der Waals surface area contributed by atoms with E-state index in [1.165, 1.54) is 5.56 Å². The summed E-state index contributed by atoms with van der Waals surface area (Å²) in [6.07, 6.45) is 0. The Morgan fingerprint density at radius 3 is 1.78 bits per heavy atom. The van der Waals surface area contributed by atoms with Crippen molar-refractivity contribution in [2.75, 3.05) is 0 Å². The van der Waals surface area contributed by atoms with Crippen molar-refractivity contribution in [2.45, 2.75) is 13.0 Å². The first-order valence-corrected chi connectivity index (χ1v) is 9.16. The standard InChI is InChI=1S/C20H18F2Si/c1-13-2-11-18(20(22)19(13)21)17-9-7-16(8-10-17)15-5-3-14(12-23)4-6-15/h2-11H,12H2,1,23H3. The minimum absolute atomic E-state index is 0.297. The average Bonchev–Trinajstić information content (AvgIpc) is 2.60.